The third-order valence-electron chi connectivity index (χ3n) is 2.02. The minimum atomic E-state index is -3.37. The number of carbonyl (C=O) groups is 1. The van der Waals surface area contributed by atoms with Gasteiger partial charge in [-0.15, -0.1) is 11.3 Å². The SMILES string of the molecule is CC(C)CS(=O)(=O)NC(C)c1nc(C(=O)O)cs1. The lowest BCUT2D eigenvalue weighted by molar-refractivity contribution is 0.0691. The number of thiazole rings is 1. The van der Waals surface area contributed by atoms with Gasteiger partial charge < -0.3 is 5.11 Å². The molecule has 18 heavy (non-hydrogen) atoms. The first-order valence-corrected chi connectivity index (χ1v) is 7.93. The van der Waals surface area contributed by atoms with E-state index in [9.17, 15) is 13.2 Å². The maximum Gasteiger partial charge on any atom is 0.355 e. The highest BCUT2D eigenvalue weighted by Crippen LogP contribution is 2.19. The fourth-order valence-electron chi connectivity index (χ4n) is 1.39. The molecule has 1 atom stereocenters. The molecule has 0 bridgehead atoms. The molecule has 1 unspecified atom stereocenters. The summed E-state index contributed by atoms with van der Waals surface area (Å²) in [7, 11) is -3.37. The van der Waals surface area contributed by atoms with Crippen molar-refractivity contribution in [2.75, 3.05) is 5.75 Å². The maximum atomic E-state index is 11.7. The van der Waals surface area contributed by atoms with Gasteiger partial charge in [-0.25, -0.2) is 22.9 Å². The van der Waals surface area contributed by atoms with Gasteiger partial charge >= 0.3 is 5.97 Å². The molecule has 6 nitrogen and oxygen atoms in total. The van der Waals surface area contributed by atoms with Crippen molar-refractivity contribution in [1.29, 1.82) is 0 Å². The molecule has 0 amide bonds. The Labute approximate surface area is 110 Å². The van der Waals surface area contributed by atoms with Gasteiger partial charge in [0.1, 0.15) is 5.01 Å². The van der Waals surface area contributed by atoms with Crippen molar-refractivity contribution in [3.05, 3.63) is 16.1 Å². The van der Waals surface area contributed by atoms with Crippen molar-refractivity contribution >= 4 is 27.3 Å². The smallest absolute Gasteiger partial charge is 0.355 e. The molecule has 1 heterocycles. The van der Waals surface area contributed by atoms with Crippen LogP contribution in [0.2, 0.25) is 0 Å². The zero-order chi connectivity index (χ0) is 13.9. The van der Waals surface area contributed by atoms with Gasteiger partial charge in [0.25, 0.3) is 0 Å². The molecule has 102 valence electrons. The molecule has 0 aromatic carbocycles. The van der Waals surface area contributed by atoms with E-state index in [4.69, 9.17) is 5.11 Å². The van der Waals surface area contributed by atoms with Crippen molar-refractivity contribution in [3.8, 4) is 0 Å². The monoisotopic (exact) mass is 292 g/mol. The molecule has 1 aromatic rings. The lowest BCUT2D eigenvalue weighted by Gasteiger charge is -2.13. The highest BCUT2D eigenvalue weighted by atomic mass is 32.2. The summed E-state index contributed by atoms with van der Waals surface area (Å²) in [6.07, 6.45) is 0. The lowest BCUT2D eigenvalue weighted by Crippen LogP contribution is -2.30. The number of rotatable bonds is 6. The molecule has 2 N–H and O–H groups in total. The predicted molar refractivity (Wildman–Crippen MR) is 69.2 cm³/mol. The maximum absolute atomic E-state index is 11.7. The number of nitrogens with zero attached hydrogens (tertiary/aromatic N) is 1. The summed E-state index contributed by atoms with van der Waals surface area (Å²) >= 11 is 1.13. The number of nitrogens with one attached hydrogen (secondary N) is 1. The van der Waals surface area contributed by atoms with Crippen molar-refractivity contribution in [1.82, 2.24) is 9.71 Å². The van der Waals surface area contributed by atoms with Crippen LogP contribution in [0.4, 0.5) is 0 Å². The van der Waals surface area contributed by atoms with Gasteiger partial charge in [0.05, 0.1) is 11.8 Å². The molecule has 1 rings (SSSR count). The number of aromatic nitrogens is 1. The second kappa shape index (κ2) is 5.77. The molecule has 1 aromatic heterocycles. The molecule has 0 fully saturated rings. The van der Waals surface area contributed by atoms with Crippen LogP contribution in [-0.4, -0.2) is 30.2 Å². The van der Waals surface area contributed by atoms with Gasteiger partial charge in [-0.3, -0.25) is 0 Å². The molecule has 0 saturated carbocycles. The zero-order valence-corrected chi connectivity index (χ0v) is 12.0. The van der Waals surface area contributed by atoms with Gasteiger partial charge in [0.15, 0.2) is 5.69 Å². The van der Waals surface area contributed by atoms with Gasteiger partial charge in [-0.1, -0.05) is 13.8 Å². The fraction of sp³-hybridized carbons (Fsp3) is 0.600. The zero-order valence-electron chi connectivity index (χ0n) is 10.4. The Bertz CT molecular complexity index is 522. The van der Waals surface area contributed by atoms with E-state index in [2.05, 4.69) is 9.71 Å². The quantitative estimate of drug-likeness (QED) is 0.827. The standard InChI is InChI=1S/C10H16N2O4S2/c1-6(2)5-18(15,16)12-7(3)9-11-8(4-17-9)10(13)14/h4,6-7,12H,5H2,1-3H3,(H,13,14). The van der Waals surface area contributed by atoms with Gasteiger partial charge in [0, 0.05) is 5.38 Å². The summed E-state index contributed by atoms with van der Waals surface area (Å²) in [4.78, 5) is 14.5. The first-order chi connectivity index (χ1) is 8.21. The number of hydrogen-bond acceptors (Lipinski definition) is 5. The molecular formula is C10H16N2O4S2. The molecular weight excluding hydrogens is 276 g/mol. The van der Waals surface area contributed by atoms with Crippen molar-refractivity contribution in [2.45, 2.75) is 26.8 Å². The van der Waals surface area contributed by atoms with Crippen molar-refractivity contribution in [2.24, 2.45) is 5.92 Å². The Morgan fingerprint density at radius 1 is 1.50 bits per heavy atom. The summed E-state index contributed by atoms with van der Waals surface area (Å²) in [5.41, 5.74) is -0.0649. The lowest BCUT2D eigenvalue weighted by atomic mass is 10.3. The van der Waals surface area contributed by atoms with E-state index >= 15 is 0 Å². The van der Waals surface area contributed by atoms with Crippen LogP contribution in [0.5, 0.6) is 0 Å². The van der Waals surface area contributed by atoms with Crippen LogP contribution >= 0.6 is 11.3 Å². The number of sulfonamides is 1. The van der Waals surface area contributed by atoms with E-state index in [1.807, 2.05) is 13.8 Å². The number of aromatic carboxylic acids is 1. The van der Waals surface area contributed by atoms with Crippen LogP contribution in [0.1, 0.15) is 42.3 Å². The third-order valence-corrected chi connectivity index (χ3v) is 4.87. The highest BCUT2D eigenvalue weighted by Gasteiger charge is 2.20. The van der Waals surface area contributed by atoms with Crippen LogP contribution in [0.25, 0.3) is 0 Å². The summed E-state index contributed by atoms with van der Waals surface area (Å²) in [5, 5.41) is 10.6. The summed E-state index contributed by atoms with van der Waals surface area (Å²) < 4.78 is 25.9. The minimum Gasteiger partial charge on any atom is -0.476 e. The highest BCUT2D eigenvalue weighted by molar-refractivity contribution is 7.89. The van der Waals surface area contributed by atoms with E-state index < -0.39 is 22.0 Å². The molecule has 0 spiro atoms. The Balaban J connectivity index is 2.76. The van der Waals surface area contributed by atoms with E-state index in [-0.39, 0.29) is 17.4 Å². The summed E-state index contributed by atoms with van der Waals surface area (Å²) in [6, 6.07) is -0.521. The van der Waals surface area contributed by atoms with Gasteiger partial charge in [-0.05, 0) is 12.8 Å². The number of carboxylic acids is 1. The van der Waals surface area contributed by atoms with Crippen LogP contribution < -0.4 is 4.72 Å². The second-order valence-corrected chi connectivity index (χ2v) is 7.08. The van der Waals surface area contributed by atoms with E-state index in [0.29, 0.717) is 5.01 Å². The molecule has 0 aliphatic rings. The van der Waals surface area contributed by atoms with Gasteiger partial charge in [0.2, 0.25) is 10.0 Å². The van der Waals surface area contributed by atoms with Crippen molar-refractivity contribution < 1.29 is 18.3 Å². The van der Waals surface area contributed by atoms with Crippen molar-refractivity contribution in [3.63, 3.8) is 0 Å². The summed E-state index contributed by atoms with van der Waals surface area (Å²) in [5.74, 6) is -1.05. The average Bonchev–Trinajstić information content (AvgIpc) is 2.62. The molecule has 0 radical (unpaired) electrons. The Morgan fingerprint density at radius 2 is 2.11 bits per heavy atom. The minimum absolute atomic E-state index is 0.0283. The summed E-state index contributed by atoms with van der Waals surface area (Å²) in [6.45, 7) is 5.27. The molecule has 0 saturated heterocycles. The third kappa shape index (κ3) is 4.35. The Morgan fingerprint density at radius 3 is 2.56 bits per heavy atom. The second-order valence-electron chi connectivity index (χ2n) is 4.39. The molecule has 8 heteroatoms. The topological polar surface area (TPSA) is 96.4 Å². The van der Waals surface area contributed by atoms with E-state index in [1.165, 1.54) is 5.38 Å². The van der Waals surface area contributed by atoms with Crippen LogP contribution in [0.3, 0.4) is 0 Å². The van der Waals surface area contributed by atoms with Crippen LogP contribution in [-0.2, 0) is 10.0 Å². The molecule has 0 aliphatic heterocycles. The normalized spacial score (nSPS) is 13.8. The number of hydrogen-bond donors (Lipinski definition) is 2. The van der Waals surface area contributed by atoms with Crippen LogP contribution in [0.15, 0.2) is 5.38 Å². The molecule has 0 aliphatic carbocycles. The predicted octanol–water partition coefficient (Wildman–Crippen LogP) is 1.48. The number of carboxylic acid groups (broad SMARTS) is 1. The van der Waals surface area contributed by atoms with Crippen LogP contribution in [0, 0.1) is 5.92 Å². The largest absolute Gasteiger partial charge is 0.476 e. The average molecular weight is 292 g/mol. The first-order valence-electron chi connectivity index (χ1n) is 5.40. The Kier molecular flexibility index (Phi) is 4.83. The van der Waals surface area contributed by atoms with E-state index in [1.54, 1.807) is 6.92 Å². The first kappa shape index (κ1) is 15.1. The van der Waals surface area contributed by atoms with Gasteiger partial charge in [-0.2, -0.15) is 0 Å². The Hall–Kier alpha value is -0.990. The fourth-order valence-corrected chi connectivity index (χ4v) is 3.89. The van der Waals surface area contributed by atoms with E-state index in [0.717, 1.165) is 11.3 Å².